The van der Waals surface area contributed by atoms with Crippen molar-refractivity contribution >= 4 is 44.6 Å². The fourth-order valence-electron chi connectivity index (χ4n) is 5.27. The number of benzene rings is 1. The van der Waals surface area contributed by atoms with Crippen molar-refractivity contribution in [1.29, 1.82) is 0 Å². The number of aromatic nitrogens is 2. The summed E-state index contributed by atoms with van der Waals surface area (Å²) in [7, 11) is 0. The van der Waals surface area contributed by atoms with Crippen molar-refractivity contribution < 1.29 is 19.1 Å². The summed E-state index contributed by atoms with van der Waals surface area (Å²) >= 11 is 1.62. The molecule has 1 aliphatic heterocycles. The molecule has 11 heteroatoms. The number of nitrogens with one attached hydrogen (secondary N) is 2. The van der Waals surface area contributed by atoms with Crippen molar-refractivity contribution in [3.63, 3.8) is 0 Å². The van der Waals surface area contributed by atoms with Crippen LogP contribution in [0.3, 0.4) is 0 Å². The molecule has 3 heterocycles. The number of amides is 2. The van der Waals surface area contributed by atoms with E-state index in [4.69, 9.17) is 14.5 Å². The van der Waals surface area contributed by atoms with Gasteiger partial charge in [0.05, 0.1) is 21.6 Å². The first-order chi connectivity index (χ1) is 20.1. The smallest absolute Gasteiger partial charge is 0.411 e. The van der Waals surface area contributed by atoms with Crippen LogP contribution in [0.5, 0.6) is 0 Å². The molecule has 0 spiro atoms. The van der Waals surface area contributed by atoms with E-state index in [0.29, 0.717) is 18.8 Å². The number of thiazole rings is 1. The van der Waals surface area contributed by atoms with Crippen LogP contribution in [0.2, 0.25) is 0 Å². The van der Waals surface area contributed by atoms with Crippen molar-refractivity contribution in [2.45, 2.75) is 71.5 Å². The van der Waals surface area contributed by atoms with Crippen LogP contribution in [-0.2, 0) is 9.47 Å². The van der Waals surface area contributed by atoms with E-state index in [0.717, 1.165) is 84.0 Å². The molecule has 1 saturated heterocycles. The molecule has 10 nitrogen and oxygen atoms in total. The number of fused-ring (bicyclic) bond motifs is 1. The topological polar surface area (TPSA) is 109 Å². The summed E-state index contributed by atoms with van der Waals surface area (Å²) < 4.78 is 12.2. The molecule has 2 fully saturated rings. The minimum atomic E-state index is -0.475. The Bertz CT molecular complexity index is 1390. The van der Waals surface area contributed by atoms with E-state index < -0.39 is 11.7 Å². The van der Waals surface area contributed by atoms with E-state index in [1.165, 1.54) is 6.42 Å². The molecule has 0 bridgehead atoms. The van der Waals surface area contributed by atoms with Crippen molar-refractivity contribution in [2.75, 3.05) is 49.9 Å². The lowest BCUT2D eigenvalue weighted by molar-refractivity contribution is 0.0148. The largest absolute Gasteiger partial charge is 0.446 e. The van der Waals surface area contributed by atoms with Gasteiger partial charge in [-0.3, -0.25) is 15.2 Å². The standard InChI is InChI=1S/C31H42N6O4S/c1-21-26(35-29(38)40-24-8-6-5-7-9-24)18-23(20-33-21)22-10-11-25-27(19-22)42-28(34-25)32-12-13-36-14-16-37(17-15-36)30(39)41-31(2,3)4/h10-11,18-20,24H,5-9,12-17H2,1-4H3,(H,32,34)(H,35,38). The van der Waals surface area contributed by atoms with Gasteiger partial charge in [-0.15, -0.1) is 0 Å². The molecule has 2 N–H and O–H groups in total. The molecule has 42 heavy (non-hydrogen) atoms. The van der Waals surface area contributed by atoms with Crippen LogP contribution < -0.4 is 10.6 Å². The lowest BCUT2D eigenvalue weighted by Gasteiger charge is -2.35. The summed E-state index contributed by atoms with van der Waals surface area (Å²) in [5.74, 6) is 0. The second-order valence-corrected chi connectivity index (χ2v) is 13.1. The summed E-state index contributed by atoms with van der Waals surface area (Å²) in [5, 5.41) is 7.25. The minimum Gasteiger partial charge on any atom is -0.446 e. The highest BCUT2D eigenvalue weighted by molar-refractivity contribution is 7.22. The molecule has 0 radical (unpaired) electrons. The molecule has 2 aromatic heterocycles. The summed E-state index contributed by atoms with van der Waals surface area (Å²) in [6.45, 7) is 12.2. The Morgan fingerprint density at radius 2 is 1.81 bits per heavy atom. The summed E-state index contributed by atoms with van der Waals surface area (Å²) in [4.78, 5) is 38.2. The zero-order chi connectivity index (χ0) is 29.7. The molecule has 0 unspecified atom stereocenters. The number of piperazine rings is 1. The molecule has 226 valence electrons. The molecule has 1 aliphatic carbocycles. The number of aryl methyl sites for hydroxylation is 1. The van der Waals surface area contributed by atoms with Gasteiger partial charge in [-0.2, -0.15) is 0 Å². The molecule has 3 aromatic rings. The van der Waals surface area contributed by atoms with Gasteiger partial charge >= 0.3 is 12.2 Å². The number of nitrogens with zero attached hydrogens (tertiary/aromatic N) is 4. The van der Waals surface area contributed by atoms with Crippen LogP contribution in [0.15, 0.2) is 30.5 Å². The van der Waals surface area contributed by atoms with E-state index >= 15 is 0 Å². The van der Waals surface area contributed by atoms with Gasteiger partial charge in [-0.25, -0.2) is 14.6 Å². The second-order valence-electron chi connectivity index (χ2n) is 12.1. The quantitative estimate of drug-likeness (QED) is 0.319. The molecular formula is C31H42N6O4S. The molecule has 0 atom stereocenters. The predicted octanol–water partition coefficient (Wildman–Crippen LogP) is 6.51. The van der Waals surface area contributed by atoms with Gasteiger partial charge in [0.25, 0.3) is 0 Å². The highest BCUT2D eigenvalue weighted by Crippen LogP contribution is 2.32. The molecule has 5 rings (SSSR count). The van der Waals surface area contributed by atoms with Gasteiger partial charge in [0, 0.05) is 51.0 Å². The second kappa shape index (κ2) is 13.2. The maximum absolute atomic E-state index is 12.5. The van der Waals surface area contributed by atoms with Gasteiger partial charge in [0.1, 0.15) is 11.7 Å². The number of hydrogen-bond donors (Lipinski definition) is 2. The monoisotopic (exact) mass is 594 g/mol. The van der Waals surface area contributed by atoms with Crippen LogP contribution in [0.1, 0.15) is 58.6 Å². The highest BCUT2D eigenvalue weighted by Gasteiger charge is 2.25. The number of carbonyl (C=O) groups excluding carboxylic acids is 2. The Kier molecular flexibility index (Phi) is 9.47. The maximum Gasteiger partial charge on any atom is 0.411 e. The van der Waals surface area contributed by atoms with E-state index in [2.05, 4.69) is 26.6 Å². The predicted molar refractivity (Wildman–Crippen MR) is 167 cm³/mol. The number of carbonyl (C=O) groups is 2. The zero-order valence-corrected chi connectivity index (χ0v) is 25.9. The van der Waals surface area contributed by atoms with E-state index in [-0.39, 0.29) is 12.2 Å². The van der Waals surface area contributed by atoms with Crippen LogP contribution in [0.4, 0.5) is 20.4 Å². The van der Waals surface area contributed by atoms with Gasteiger partial charge in [-0.05, 0) is 77.1 Å². The van der Waals surface area contributed by atoms with Crippen molar-refractivity contribution in [3.8, 4) is 11.1 Å². The first-order valence-corrected chi connectivity index (χ1v) is 15.7. The normalized spacial score (nSPS) is 16.8. The Morgan fingerprint density at radius 3 is 2.55 bits per heavy atom. The molecular weight excluding hydrogens is 552 g/mol. The molecule has 1 saturated carbocycles. The number of anilines is 2. The van der Waals surface area contributed by atoms with Crippen LogP contribution in [-0.4, -0.2) is 82.9 Å². The van der Waals surface area contributed by atoms with E-state index in [1.807, 2.05) is 52.1 Å². The van der Waals surface area contributed by atoms with Crippen LogP contribution in [0, 0.1) is 6.92 Å². The van der Waals surface area contributed by atoms with Crippen molar-refractivity contribution in [3.05, 3.63) is 36.2 Å². The third-order valence-corrected chi connectivity index (χ3v) is 8.58. The summed E-state index contributed by atoms with van der Waals surface area (Å²) in [6, 6.07) is 8.12. The van der Waals surface area contributed by atoms with Crippen LogP contribution in [0.25, 0.3) is 21.3 Å². The van der Waals surface area contributed by atoms with Crippen molar-refractivity contribution in [2.24, 2.45) is 0 Å². The number of rotatable bonds is 7. The van der Waals surface area contributed by atoms with Crippen molar-refractivity contribution in [1.82, 2.24) is 19.8 Å². The average Bonchev–Trinajstić information content (AvgIpc) is 3.36. The van der Waals surface area contributed by atoms with E-state index in [1.54, 1.807) is 16.2 Å². The first-order valence-electron chi connectivity index (χ1n) is 14.9. The minimum absolute atomic E-state index is 0.00103. The zero-order valence-electron chi connectivity index (χ0n) is 25.1. The fourth-order valence-corrected chi connectivity index (χ4v) is 6.20. The molecule has 2 aliphatic rings. The number of ether oxygens (including phenoxy) is 2. The maximum atomic E-state index is 12.5. The molecule has 2 amide bonds. The summed E-state index contributed by atoms with van der Waals surface area (Å²) in [6.07, 6.45) is 6.48. The Hall–Kier alpha value is -3.44. The Labute approximate surface area is 251 Å². The Morgan fingerprint density at radius 1 is 1.05 bits per heavy atom. The van der Waals surface area contributed by atoms with Gasteiger partial charge in [-0.1, -0.05) is 23.8 Å². The Balaban J connectivity index is 1.14. The molecule has 1 aromatic carbocycles. The van der Waals surface area contributed by atoms with Gasteiger partial charge in [0.2, 0.25) is 0 Å². The fraction of sp³-hybridized carbons (Fsp3) is 0.548. The third-order valence-electron chi connectivity index (χ3n) is 7.60. The highest BCUT2D eigenvalue weighted by atomic mass is 32.1. The number of pyridine rings is 1. The first kappa shape index (κ1) is 30.0. The number of hydrogen-bond acceptors (Lipinski definition) is 9. The van der Waals surface area contributed by atoms with E-state index in [9.17, 15) is 9.59 Å². The average molecular weight is 595 g/mol. The third kappa shape index (κ3) is 8.10. The van der Waals surface area contributed by atoms with Crippen LogP contribution >= 0.6 is 11.3 Å². The van der Waals surface area contributed by atoms with Gasteiger partial charge in [0.15, 0.2) is 5.13 Å². The van der Waals surface area contributed by atoms with Gasteiger partial charge < -0.3 is 19.7 Å². The lowest BCUT2D eigenvalue weighted by atomic mass is 9.98. The summed E-state index contributed by atoms with van der Waals surface area (Å²) in [5.41, 5.74) is 3.80. The lowest BCUT2D eigenvalue weighted by Crippen LogP contribution is -2.50. The SMILES string of the molecule is Cc1ncc(-c2ccc3nc(NCCN4CCN(C(=O)OC(C)(C)C)CC4)sc3c2)cc1NC(=O)OC1CCCCC1.